The average molecular weight is 409 g/mol. The molecular formula is C22H24N4O2S. The molecule has 0 spiro atoms. The van der Waals surface area contributed by atoms with Gasteiger partial charge in [0, 0.05) is 24.0 Å². The number of rotatable bonds is 8. The second-order valence-electron chi connectivity index (χ2n) is 6.71. The molecule has 3 rings (SSSR count). The number of urea groups is 1. The second-order valence-corrected chi connectivity index (χ2v) is 7.57. The summed E-state index contributed by atoms with van der Waals surface area (Å²) in [5.41, 5.74) is 3.83. The molecule has 1 aromatic heterocycles. The van der Waals surface area contributed by atoms with Gasteiger partial charge in [0.2, 0.25) is 5.91 Å². The van der Waals surface area contributed by atoms with E-state index >= 15 is 0 Å². The van der Waals surface area contributed by atoms with Gasteiger partial charge in [-0.05, 0) is 43.0 Å². The predicted octanol–water partition coefficient (Wildman–Crippen LogP) is 4.73. The van der Waals surface area contributed by atoms with E-state index in [0.717, 1.165) is 22.5 Å². The molecule has 0 saturated carbocycles. The van der Waals surface area contributed by atoms with Crippen molar-refractivity contribution in [3.8, 4) is 0 Å². The number of nitrogens with zero attached hydrogens (tertiary/aromatic N) is 1. The Bertz CT molecular complexity index is 956. The molecule has 0 atom stereocenters. The van der Waals surface area contributed by atoms with Gasteiger partial charge in [0.1, 0.15) is 0 Å². The van der Waals surface area contributed by atoms with Crippen molar-refractivity contribution >= 4 is 34.1 Å². The molecule has 3 N–H and O–H groups in total. The van der Waals surface area contributed by atoms with E-state index in [2.05, 4.69) is 20.9 Å². The fourth-order valence-electron chi connectivity index (χ4n) is 2.78. The first kappa shape index (κ1) is 20.5. The molecule has 0 aliphatic carbocycles. The zero-order chi connectivity index (χ0) is 20.5. The Morgan fingerprint density at radius 3 is 2.66 bits per heavy atom. The largest absolute Gasteiger partial charge is 0.334 e. The summed E-state index contributed by atoms with van der Waals surface area (Å²) in [6.45, 7) is 2.45. The fourth-order valence-corrected chi connectivity index (χ4v) is 3.51. The normalized spacial score (nSPS) is 10.4. The minimum absolute atomic E-state index is 0.00975. The van der Waals surface area contributed by atoms with Crippen molar-refractivity contribution in [2.75, 3.05) is 10.6 Å². The minimum Gasteiger partial charge on any atom is -0.334 e. The molecule has 6 nitrogen and oxygen atoms in total. The number of benzene rings is 2. The molecule has 0 fully saturated rings. The van der Waals surface area contributed by atoms with Crippen LogP contribution >= 0.6 is 11.3 Å². The standard InChI is InChI=1S/C22H24N4O2S/c1-16-7-5-10-18(13-16)24-20(27)12-6-11-19-15-29-22(25-19)26-21(28)23-14-17-8-3-2-4-9-17/h2-5,7-10,13,15H,6,11-12,14H2,1H3,(H,24,27)(H2,23,25,26,28). The zero-order valence-electron chi connectivity index (χ0n) is 16.3. The Balaban J connectivity index is 1.37. The van der Waals surface area contributed by atoms with E-state index in [1.54, 1.807) is 0 Å². The number of aryl methyl sites for hydroxylation is 2. The summed E-state index contributed by atoms with van der Waals surface area (Å²) in [6, 6.07) is 17.2. The summed E-state index contributed by atoms with van der Waals surface area (Å²) >= 11 is 1.38. The van der Waals surface area contributed by atoms with Gasteiger partial charge in [0.25, 0.3) is 0 Å². The SMILES string of the molecule is Cc1cccc(NC(=O)CCCc2csc(NC(=O)NCc3ccccc3)n2)c1. The van der Waals surface area contributed by atoms with E-state index in [4.69, 9.17) is 0 Å². The Kier molecular flexibility index (Phi) is 7.35. The lowest BCUT2D eigenvalue weighted by Gasteiger charge is -2.06. The van der Waals surface area contributed by atoms with Gasteiger partial charge in [-0.3, -0.25) is 10.1 Å². The summed E-state index contributed by atoms with van der Waals surface area (Å²) in [4.78, 5) is 28.5. The van der Waals surface area contributed by atoms with E-state index in [1.165, 1.54) is 11.3 Å². The molecule has 3 aromatic rings. The summed E-state index contributed by atoms with van der Waals surface area (Å²) < 4.78 is 0. The van der Waals surface area contributed by atoms with E-state index < -0.39 is 0 Å². The molecule has 0 bridgehead atoms. The summed E-state index contributed by atoms with van der Waals surface area (Å²) in [5, 5.41) is 10.9. The lowest BCUT2D eigenvalue weighted by molar-refractivity contribution is -0.116. The molecule has 29 heavy (non-hydrogen) atoms. The summed E-state index contributed by atoms with van der Waals surface area (Å²) in [5.74, 6) is -0.00975. The summed E-state index contributed by atoms with van der Waals surface area (Å²) in [6.07, 6.45) is 1.80. The second kappa shape index (κ2) is 10.4. The van der Waals surface area contributed by atoms with Gasteiger partial charge in [-0.25, -0.2) is 9.78 Å². The zero-order valence-corrected chi connectivity index (χ0v) is 17.1. The van der Waals surface area contributed by atoms with Crippen LogP contribution in [0.4, 0.5) is 15.6 Å². The number of hydrogen-bond donors (Lipinski definition) is 3. The van der Waals surface area contributed by atoms with Gasteiger partial charge < -0.3 is 10.6 Å². The number of amides is 3. The van der Waals surface area contributed by atoms with E-state index in [1.807, 2.05) is 66.9 Å². The molecule has 0 saturated heterocycles. The fraction of sp³-hybridized carbons (Fsp3) is 0.227. The molecule has 0 aliphatic rings. The topological polar surface area (TPSA) is 83.1 Å². The number of nitrogens with one attached hydrogen (secondary N) is 3. The maximum atomic E-state index is 12.1. The maximum absolute atomic E-state index is 12.1. The molecule has 7 heteroatoms. The maximum Gasteiger partial charge on any atom is 0.321 e. The number of carbonyl (C=O) groups excluding carboxylic acids is 2. The molecule has 3 amide bonds. The van der Waals surface area contributed by atoms with Crippen molar-refractivity contribution in [2.45, 2.75) is 32.7 Å². The molecule has 1 heterocycles. The highest BCUT2D eigenvalue weighted by molar-refractivity contribution is 7.13. The quantitative estimate of drug-likeness (QED) is 0.504. The van der Waals surface area contributed by atoms with E-state index in [9.17, 15) is 9.59 Å². The van der Waals surface area contributed by atoms with Crippen molar-refractivity contribution in [1.29, 1.82) is 0 Å². The van der Waals surface area contributed by atoms with Gasteiger partial charge in [-0.15, -0.1) is 11.3 Å². The predicted molar refractivity (Wildman–Crippen MR) is 117 cm³/mol. The third-order valence-electron chi connectivity index (χ3n) is 4.21. The van der Waals surface area contributed by atoms with Gasteiger partial charge >= 0.3 is 6.03 Å². The highest BCUT2D eigenvalue weighted by Crippen LogP contribution is 2.17. The van der Waals surface area contributed by atoms with Crippen LogP contribution < -0.4 is 16.0 Å². The van der Waals surface area contributed by atoms with Crippen molar-refractivity contribution in [3.05, 3.63) is 76.8 Å². The number of anilines is 2. The first-order chi connectivity index (χ1) is 14.1. The molecule has 2 aromatic carbocycles. The lowest BCUT2D eigenvalue weighted by Crippen LogP contribution is -2.28. The lowest BCUT2D eigenvalue weighted by atomic mass is 10.2. The monoisotopic (exact) mass is 408 g/mol. The Morgan fingerprint density at radius 1 is 1.03 bits per heavy atom. The highest BCUT2D eigenvalue weighted by Gasteiger charge is 2.08. The number of hydrogen-bond acceptors (Lipinski definition) is 4. The molecule has 150 valence electrons. The third kappa shape index (κ3) is 7.04. The van der Waals surface area contributed by atoms with Crippen LogP contribution in [0, 0.1) is 6.92 Å². The number of thiazole rings is 1. The van der Waals surface area contributed by atoms with Gasteiger partial charge in [-0.1, -0.05) is 42.5 Å². The third-order valence-corrected chi connectivity index (χ3v) is 5.01. The van der Waals surface area contributed by atoms with Crippen LogP contribution in [0.3, 0.4) is 0 Å². The number of carbonyl (C=O) groups is 2. The summed E-state index contributed by atoms with van der Waals surface area (Å²) in [7, 11) is 0. The van der Waals surface area contributed by atoms with Crippen LogP contribution in [0.15, 0.2) is 60.0 Å². The molecular weight excluding hydrogens is 384 g/mol. The van der Waals surface area contributed by atoms with Crippen LogP contribution in [0.5, 0.6) is 0 Å². The van der Waals surface area contributed by atoms with Crippen LogP contribution in [-0.4, -0.2) is 16.9 Å². The van der Waals surface area contributed by atoms with Crippen LogP contribution in [0.1, 0.15) is 29.7 Å². The molecule has 0 unspecified atom stereocenters. The van der Waals surface area contributed by atoms with Gasteiger partial charge in [-0.2, -0.15) is 0 Å². The number of aromatic nitrogens is 1. The Labute approximate surface area is 174 Å². The first-order valence-electron chi connectivity index (χ1n) is 9.48. The molecule has 0 radical (unpaired) electrons. The van der Waals surface area contributed by atoms with Crippen molar-refractivity contribution in [1.82, 2.24) is 10.3 Å². The van der Waals surface area contributed by atoms with E-state index in [0.29, 0.717) is 30.9 Å². The van der Waals surface area contributed by atoms with Gasteiger partial charge in [0.15, 0.2) is 5.13 Å². The highest BCUT2D eigenvalue weighted by atomic mass is 32.1. The van der Waals surface area contributed by atoms with Gasteiger partial charge in [0.05, 0.1) is 5.69 Å². The van der Waals surface area contributed by atoms with E-state index in [-0.39, 0.29) is 11.9 Å². The van der Waals surface area contributed by atoms with Crippen molar-refractivity contribution in [2.24, 2.45) is 0 Å². The van der Waals surface area contributed by atoms with Crippen molar-refractivity contribution < 1.29 is 9.59 Å². The minimum atomic E-state index is -0.285. The molecule has 0 aliphatic heterocycles. The van der Waals surface area contributed by atoms with Crippen LogP contribution in [0.25, 0.3) is 0 Å². The average Bonchev–Trinajstić information content (AvgIpc) is 3.14. The Morgan fingerprint density at radius 2 is 1.86 bits per heavy atom. The van der Waals surface area contributed by atoms with Crippen LogP contribution in [-0.2, 0) is 17.8 Å². The Hall–Kier alpha value is -3.19. The smallest absolute Gasteiger partial charge is 0.321 e. The van der Waals surface area contributed by atoms with Crippen molar-refractivity contribution in [3.63, 3.8) is 0 Å². The first-order valence-corrected chi connectivity index (χ1v) is 10.4. The van der Waals surface area contributed by atoms with Crippen LogP contribution in [0.2, 0.25) is 0 Å².